The molecule has 0 saturated heterocycles. The third-order valence-electron chi connectivity index (χ3n) is 3.34. The number of oxime groups is 1. The molecule has 0 aromatic rings. The van der Waals surface area contributed by atoms with Crippen LogP contribution >= 0.6 is 0 Å². The van der Waals surface area contributed by atoms with Crippen LogP contribution in [0.15, 0.2) is 5.16 Å². The van der Waals surface area contributed by atoms with E-state index in [9.17, 15) is 0 Å². The van der Waals surface area contributed by atoms with Crippen LogP contribution in [0, 0.1) is 11.3 Å². The van der Waals surface area contributed by atoms with Gasteiger partial charge >= 0.3 is 0 Å². The first-order valence-electron chi connectivity index (χ1n) is 7.04. The molecule has 0 atom stereocenters. The third-order valence-corrected chi connectivity index (χ3v) is 3.34. The highest BCUT2D eigenvalue weighted by Gasteiger charge is 2.24. The van der Waals surface area contributed by atoms with Gasteiger partial charge in [0.25, 0.3) is 0 Å². The molecule has 5 heteroatoms. The molecule has 3 N–H and O–H groups in total. The van der Waals surface area contributed by atoms with Gasteiger partial charge in [0, 0.05) is 25.0 Å². The normalized spacial score (nSPS) is 13.8. The molecular formula is C14H32N4O. The van der Waals surface area contributed by atoms with Gasteiger partial charge in [0.05, 0.1) is 0 Å². The van der Waals surface area contributed by atoms with Gasteiger partial charge in [0.15, 0.2) is 0 Å². The van der Waals surface area contributed by atoms with Gasteiger partial charge in [0.2, 0.25) is 0 Å². The standard InChI is InChI=1S/C14H32N4O/c1-12(2)11-18(10-9-17(5)6)8-7-14(3,4)13(15)16-19/h12,19H,7-11H2,1-6H3,(H2,15,16). The van der Waals surface area contributed by atoms with E-state index in [1.165, 1.54) is 0 Å². The van der Waals surface area contributed by atoms with Crippen molar-refractivity contribution in [1.29, 1.82) is 0 Å². The fraction of sp³-hybridized carbons (Fsp3) is 0.929. The van der Waals surface area contributed by atoms with Crippen LogP contribution in [0.2, 0.25) is 0 Å². The average molecular weight is 272 g/mol. The molecule has 5 nitrogen and oxygen atoms in total. The van der Waals surface area contributed by atoms with Crippen LogP contribution in [0.4, 0.5) is 0 Å². The highest BCUT2D eigenvalue weighted by Crippen LogP contribution is 2.21. The monoisotopic (exact) mass is 272 g/mol. The number of likely N-dealkylation sites (N-methyl/N-ethyl adjacent to an activating group) is 1. The minimum Gasteiger partial charge on any atom is -0.409 e. The first-order chi connectivity index (χ1) is 8.69. The molecule has 0 spiro atoms. The molecule has 0 aromatic carbocycles. The van der Waals surface area contributed by atoms with Gasteiger partial charge in [-0.1, -0.05) is 32.9 Å². The molecule has 0 bridgehead atoms. The van der Waals surface area contributed by atoms with Crippen LogP contribution in [-0.4, -0.2) is 61.1 Å². The molecule has 19 heavy (non-hydrogen) atoms. The van der Waals surface area contributed by atoms with Gasteiger partial charge in [-0.3, -0.25) is 0 Å². The maximum absolute atomic E-state index is 8.80. The van der Waals surface area contributed by atoms with Crippen LogP contribution in [0.3, 0.4) is 0 Å². The molecule has 0 aliphatic rings. The zero-order valence-electron chi connectivity index (χ0n) is 13.5. The van der Waals surface area contributed by atoms with Gasteiger partial charge in [-0.25, -0.2) is 0 Å². The van der Waals surface area contributed by atoms with Crippen molar-refractivity contribution < 1.29 is 5.21 Å². The predicted molar refractivity (Wildman–Crippen MR) is 81.6 cm³/mol. The number of hydrogen-bond acceptors (Lipinski definition) is 4. The Morgan fingerprint density at radius 3 is 2.21 bits per heavy atom. The minimum atomic E-state index is -0.262. The van der Waals surface area contributed by atoms with Gasteiger partial charge in [-0.2, -0.15) is 0 Å². The van der Waals surface area contributed by atoms with Crippen molar-refractivity contribution in [2.45, 2.75) is 34.1 Å². The van der Waals surface area contributed by atoms with Crippen molar-refractivity contribution >= 4 is 5.84 Å². The third kappa shape index (κ3) is 8.06. The summed E-state index contributed by atoms with van der Waals surface area (Å²) in [5.74, 6) is 0.957. The lowest BCUT2D eigenvalue weighted by Crippen LogP contribution is -2.39. The smallest absolute Gasteiger partial charge is 0.144 e. The SMILES string of the molecule is CC(C)CN(CCN(C)C)CCC(C)(C)C(N)=NO. The van der Waals surface area contributed by atoms with Crippen LogP contribution in [0.25, 0.3) is 0 Å². The van der Waals surface area contributed by atoms with E-state index in [4.69, 9.17) is 10.9 Å². The number of nitrogens with two attached hydrogens (primary N) is 1. The van der Waals surface area contributed by atoms with Crippen LogP contribution in [0.1, 0.15) is 34.1 Å². The Labute approximate surface area is 118 Å². The van der Waals surface area contributed by atoms with Crippen molar-refractivity contribution in [2.24, 2.45) is 22.2 Å². The first kappa shape index (κ1) is 18.2. The van der Waals surface area contributed by atoms with E-state index in [0.717, 1.165) is 32.6 Å². The average Bonchev–Trinajstić information content (AvgIpc) is 2.30. The maximum Gasteiger partial charge on any atom is 0.144 e. The molecule has 0 unspecified atom stereocenters. The lowest BCUT2D eigenvalue weighted by atomic mass is 9.88. The van der Waals surface area contributed by atoms with E-state index >= 15 is 0 Å². The second-order valence-electron chi connectivity index (χ2n) is 6.62. The Bertz CT molecular complexity index is 275. The summed E-state index contributed by atoms with van der Waals surface area (Å²) in [4.78, 5) is 4.65. The number of amidine groups is 1. The molecule has 0 aliphatic heterocycles. The van der Waals surface area contributed by atoms with Crippen molar-refractivity contribution in [3.63, 3.8) is 0 Å². The molecule has 0 aliphatic carbocycles. The van der Waals surface area contributed by atoms with Gasteiger partial charge in [-0.05, 0) is 33.0 Å². The highest BCUT2D eigenvalue weighted by molar-refractivity contribution is 5.85. The summed E-state index contributed by atoms with van der Waals surface area (Å²) < 4.78 is 0. The lowest BCUT2D eigenvalue weighted by Gasteiger charge is -2.30. The minimum absolute atomic E-state index is 0.262. The number of rotatable bonds is 9. The van der Waals surface area contributed by atoms with Crippen molar-refractivity contribution in [2.75, 3.05) is 40.3 Å². The summed E-state index contributed by atoms with van der Waals surface area (Å²) in [6.45, 7) is 12.7. The van der Waals surface area contributed by atoms with E-state index in [-0.39, 0.29) is 5.41 Å². The van der Waals surface area contributed by atoms with Crippen LogP contribution < -0.4 is 5.73 Å². The Morgan fingerprint density at radius 2 is 1.79 bits per heavy atom. The largest absolute Gasteiger partial charge is 0.409 e. The van der Waals surface area contributed by atoms with E-state index < -0.39 is 0 Å². The number of hydrogen-bond donors (Lipinski definition) is 2. The highest BCUT2D eigenvalue weighted by atomic mass is 16.4. The summed E-state index contributed by atoms with van der Waals surface area (Å²) in [7, 11) is 4.18. The molecule has 114 valence electrons. The van der Waals surface area contributed by atoms with E-state index in [0.29, 0.717) is 11.8 Å². The summed E-state index contributed by atoms with van der Waals surface area (Å²) in [6, 6.07) is 0. The summed E-state index contributed by atoms with van der Waals surface area (Å²) in [6.07, 6.45) is 0.892. The van der Waals surface area contributed by atoms with Gasteiger partial charge in [-0.15, -0.1) is 0 Å². The molecule has 0 fully saturated rings. The van der Waals surface area contributed by atoms with Crippen molar-refractivity contribution in [3.8, 4) is 0 Å². The molecular weight excluding hydrogens is 240 g/mol. The molecule has 0 amide bonds. The summed E-state index contributed by atoms with van der Waals surface area (Å²) in [5, 5.41) is 11.9. The molecule has 0 radical (unpaired) electrons. The predicted octanol–water partition coefficient (Wildman–Crippen LogP) is 1.67. The summed E-state index contributed by atoms with van der Waals surface area (Å²) in [5.41, 5.74) is 5.47. The summed E-state index contributed by atoms with van der Waals surface area (Å²) >= 11 is 0. The van der Waals surface area contributed by atoms with Gasteiger partial charge < -0.3 is 20.7 Å². The maximum atomic E-state index is 8.80. The zero-order valence-corrected chi connectivity index (χ0v) is 13.5. The van der Waals surface area contributed by atoms with Crippen molar-refractivity contribution in [1.82, 2.24) is 9.80 Å². The van der Waals surface area contributed by atoms with E-state index in [1.54, 1.807) is 0 Å². The Hall–Kier alpha value is -0.810. The number of nitrogens with zero attached hydrogens (tertiary/aromatic N) is 3. The fourth-order valence-corrected chi connectivity index (χ4v) is 1.85. The Balaban J connectivity index is 4.39. The molecule has 0 heterocycles. The second kappa shape index (κ2) is 8.38. The fourth-order valence-electron chi connectivity index (χ4n) is 1.85. The van der Waals surface area contributed by atoms with Gasteiger partial charge in [0.1, 0.15) is 5.84 Å². The Kier molecular flexibility index (Phi) is 8.02. The first-order valence-corrected chi connectivity index (χ1v) is 7.04. The quantitative estimate of drug-likeness (QED) is 0.290. The van der Waals surface area contributed by atoms with E-state index in [2.05, 4.69) is 42.9 Å². The zero-order chi connectivity index (χ0) is 15.1. The van der Waals surface area contributed by atoms with Crippen LogP contribution in [-0.2, 0) is 0 Å². The topological polar surface area (TPSA) is 65.1 Å². The Morgan fingerprint density at radius 1 is 1.21 bits per heavy atom. The second-order valence-corrected chi connectivity index (χ2v) is 6.62. The molecule has 0 aromatic heterocycles. The van der Waals surface area contributed by atoms with E-state index in [1.807, 2.05) is 13.8 Å². The molecule has 0 saturated carbocycles. The lowest BCUT2D eigenvalue weighted by molar-refractivity contribution is 0.200. The van der Waals surface area contributed by atoms with Crippen LogP contribution in [0.5, 0.6) is 0 Å². The molecule has 0 rings (SSSR count). The van der Waals surface area contributed by atoms with Crippen molar-refractivity contribution in [3.05, 3.63) is 0 Å².